The molecule has 0 unspecified atom stereocenters. The Bertz CT molecular complexity index is 657. The van der Waals surface area contributed by atoms with Crippen LogP contribution in [0.2, 0.25) is 0 Å². The summed E-state index contributed by atoms with van der Waals surface area (Å²) >= 11 is 0. The van der Waals surface area contributed by atoms with Crippen LogP contribution in [0.5, 0.6) is 0 Å². The zero-order valence-electron chi connectivity index (χ0n) is 13.9. The Morgan fingerprint density at radius 2 is 1.50 bits per heavy atom. The molecule has 1 aromatic rings. The zero-order chi connectivity index (χ0) is 17.0. The summed E-state index contributed by atoms with van der Waals surface area (Å²) in [6, 6.07) is 6.15. The molecule has 2 fully saturated rings. The minimum atomic E-state index is -3.45. The molecule has 0 atom stereocenters. The van der Waals surface area contributed by atoms with Crippen molar-refractivity contribution in [2.75, 3.05) is 13.1 Å². The van der Waals surface area contributed by atoms with Crippen LogP contribution in [0.4, 0.5) is 0 Å². The Hall–Kier alpha value is -1.40. The molecule has 0 spiro atoms. The Kier molecular flexibility index (Phi) is 5.56. The molecule has 0 amide bonds. The van der Waals surface area contributed by atoms with E-state index in [1.54, 1.807) is 12.1 Å². The number of sulfonamides is 1. The number of hydrogen-bond acceptors (Lipinski definition) is 4. The zero-order valence-corrected chi connectivity index (χ0v) is 14.8. The van der Waals surface area contributed by atoms with Crippen molar-refractivity contribution in [3.63, 3.8) is 0 Å². The normalized spacial score (nSPS) is 20.7. The van der Waals surface area contributed by atoms with Gasteiger partial charge in [0.05, 0.1) is 10.5 Å². The van der Waals surface area contributed by atoms with Gasteiger partial charge in [-0.1, -0.05) is 12.8 Å². The van der Waals surface area contributed by atoms with Crippen molar-refractivity contribution in [2.45, 2.75) is 62.4 Å². The third-order valence-corrected chi connectivity index (χ3v) is 6.78. The van der Waals surface area contributed by atoms with E-state index in [1.807, 2.05) is 0 Å². The molecule has 3 rings (SSSR count). The lowest BCUT2D eigenvalue weighted by atomic mass is 9.98. The lowest BCUT2D eigenvalue weighted by Gasteiger charge is -2.26. The number of piperidine rings is 1. The minimum absolute atomic E-state index is 0.00279. The summed E-state index contributed by atoms with van der Waals surface area (Å²) in [6.45, 7) is 1.15. The number of carbonyl (C=O) groups is 1. The van der Waals surface area contributed by atoms with Crippen molar-refractivity contribution in [2.24, 2.45) is 0 Å². The highest BCUT2D eigenvalue weighted by molar-refractivity contribution is 7.89. The van der Waals surface area contributed by atoms with Crippen LogP contribution in [0.15, 0.2) is 29.2 Å². The molecule has 1 saturated carbocycles. The highest BCUT2D eigenvalue weighted by Gasteiger charge is 2.26. The van der Waals surface area contributed by atoms with Crippen molar-refractivity contribution in [3.05, 3.63) is 29.8 Å². The Morgan fingerprint density at radius 3 is 2.12 bits per heavy atom. The van der Waals surface area contributed by atoms with Gasteiger partial charge < -0.3 is 4.74 Å². The third kappa shape index (κ3) is 3.98. The van der Waals surface area contributed by atoms with Gasteiger partial charge in [0.1, 0.15) is 6.10 Å². The largest absolute Gasteiger partial charge is 0.459 e. The lowest BCUT2D eigenvalue weighted by molar-refractivity contribution is 0.0211. The predicted molar refractivity (Wildman–Crippen MR) is 91.3 cm³/mol. The summed E-state index contributed by atoms with van der Waals surface area (Å²) in [5.41, 5.74) is 0.415. The van der Waals surface area contributed by atoms with Crippen LogP contribution in [-0.4, -0.2) is 37.9 Å². The maximum atomic E-state index is 12.6. The molecule has 0 radical (unpaired) electrons. The molecule has 1 aliphatic carbocycles. The summed E-state index contributed by atoms with van der Waals surface area (Å²) in [7, 11) is -3.45. The Balaban J connectivity index is 1.67. The molecule has 1 aliphatic heterocycles. The second-order valence-corrected chi connectivity index (χ2v) is 8.59. The second kappa shape index (κ2) is 7.66. The highest BCUT2D eigenvalue weighted by atomic mass is 32.2. The Morgan fingerprint density at radius 1 is 0.917 bits per heavy atom. The number of nitrogens with zero attached hydrogens (tertiary/aromatic N) is 1. The van der Waals surface area contributed by atoms with Gasteiger partial charge in [-0.15, -0.1) is 0 Å². The average Bonchev–Trinajstić information content (AvgIpc) is 2.63. The third-order valence-electron chi connectivity index (χ3n) is 4.87. The van der Waals surface area contributed by atoms with E-state index in [0.29, 0.717) is 18.7 Å². The van der Waals surface area contributed by atoms with Crippen molar-refractivity contribution < 1.29 is 17.9 Å². The summed E-state index contributed by atoms with van der Waals surface area (Å²) in [6.07, 6.45) is 8.16. The van der Waals surface area contributed by atoms with Crippen LogP contribution in [-0.2, 0) is 14.8 Å². The van der Waals surface area contributed by atoms with E-state index < -0.39 is 10.0 Å². The molecule has 1 heterocycles. The van der Waals surface area contributed by atoms with Crippen LogP contribution >= 0.6 is 0 Å². The summed E-state index contributed by atoms with van der Waals surface area (Å²) in [5.74, 6) is -0.358. The molecule has 5 nitrogen and oxygen atoms in total. The van der Waals surface area contributed by atoms with Gasteiger partial charge in [-0.05, 0) is 62.8 Å². The first-order valence-electron chi connectivity index (χ1n) is 8.88. The molecule has 1 aromatic carbocycles. The van der Waals surface area contributed by atoms with Crippen molar-refractivity contribution in [3.8, 4) is 0 Å². The number of benzene rings is 1. The summed E-state index contributed by atoms with van der Waals surface area (Å²) in [5, 5.41) is 0. The fourth-order valence-corrected chi connectivity index (χ4v) is 4.94. The molecule has 24 heavy (non-hydrogen) atoms. The first-order chi connectivity index (χ1) is 11.6. The van der Waals surface area contributed by atoms with Gasteiger partial charge in [0.2, 0.25) is 10.0 Å². The molecule has 2 aliphatic rings. The number of esters is 1. The number of hydrogen-bond donors (Lipinski definition) is 0. The SMILES string of the molecule is O=C(OC1CCCCC1)c1ccc(S(=O)(=O)N2CCCCC2)cc1. The van der Waals surface area contributed by atoms with Crippen molar-refractivity contribution in [1.82, 2.24) is 4.31 Å². The molecular formula is C18H25NO4S. The number of carbonyl (C=O) groups excluding carboxylic acids is 1. The Labute approximate surface area is 144 Å². The maximum absolute atomic E-state index is 12.6. The summed E-state index contributed by atoms with van der Waals surface area (Å²) < 4.78 is 32.2. The van der Waals surface area contributed by atoms with Gasteiger partial charge in [-0.3, -0.25) is 0 Å². The quantitative estimate of drug-likeness (QED) is 0.781. The van der Waals surface area contributed by atoms with Crippen LogP contribution in [0, 0.1) is 0 Å². The number of rotatable bonds is 4. The summed E-state index contributed by atoms with van der Waals surface area (Å²) in [4.78, 5) is 12.4. The van der Waals surface area contributed by atoms with Crippen LogP contribution in [0.3, 0.4) is 0 Å². The van der Waals surface area contributed by atoms with Crippen LogP contribution in [0.25, 0.3) is 0 Å². The van der Waals surface area contributed by atoms with Gasteiger partial charge >= 0.3 is 5.97 Å². The van der Waals surface area contributed by atoms with Gasteiger partial charge in [-0.2, -0.15) is 4.31 Å². The van der Waals surface area contributed by atoms with Crippen LogP contribution in [0.1, 0.15) is 61.7 Å². The maximum Gasteiger partial charge on any atom is 0.338 e. The first-order valence-corrected chi connectivity index (χ1v) is 10.3. The van der Waals surface area contributed by atoms with Gasteiger partial charge in [-0.25, -0.2) is 13.2 Å². The molecule has 0 bridgehead atoms. The molecule has 0 N–H and O–H groups in total. The fourth-order valence-electron chi connectivity index (χ4n) is 3.42. The van der Waals surface area contributed by atoms with Gasteiger partial charge in [0.15, 0.2) is 0 Å². The van der Waals surface area contributed by atoms with Crippen molar-refractivity contribution >= 4 is 16.0 Å². The molecule has 0 aromatic heterocycles. The van der Waals surface area contributed by atoms with Crippen LogP contribution < -0.4 is 0 Å². The molecular weight excluding hydrogens is 326 g/mol. The predicted octanol–water partition coefficient (Wildman–Crippen LogP) is 3.35. The van der Waals surface area contributed by atoms with E-state index in [9.17, 15) is 13.2 Å². The van der Waals surface area contributed by atoms with Gasteiger partial charge in [0, 0.05) is 13.1 Å². The van der Waals surface area contributed by atoms with E-state index >= 15 is 0 Å². The second-order valence-electron chi connectivity index (χ2n) is 6.65. The van der Waals surface area contributed by atoms with Crippen molar-refractivity contribution in [1.29, 1.82) is 0 Å². The van der Waals surface area contributed by atoms with E-state index in [2.05, 4.69) is 0 Å². The standard InChI is InChI=1S/C18H25NO4S/c20-18(23-16-7-3-1-4-8-16)15-9-11-17(12-10-15)24(21,22)19-13-5-2-6-14-19/h9-12,16H,1-8,13-14H2. The molecule has 1 saturated heterocycles. The smallest absolute Gasteiger partial charge is 0.338 e. The van der Waals surface area contributed by atoms with E-state index in [4.69, 9.17) is 4.74 Å². The average molecular weight is 351 g/mol. The van der Waals surface area contributed by atoms with Gasteiger partial charge in [0.25, 0.3) is 0 Å². The van der Waals surface area contributed by atoms with E-state index in [0.717, 1.165) is 44.9 Å². The molecule has 132 valence electrons. The highest BCUT2D eigenvalue weighted by Crippen LogP contribution is 2.23. The lowest BCUT2D eigenvalue weighted by Crippen LogP contribution is -2.35. The van der Waals surface area contributed by atoms with E-state index in [-0.39, 0.29) is 17.0 Å². The molecule has 6 heteroatoms. The monoisotopic (exact) mass is 351 g/mol. The first kappa shape index (κ1) is 17.4. The topological polar surface area (TPSA) is 63.7 Å². The fraction of sp³-hybridized carbons (Fsp3) is 0.611. The van der Waals surface area contributed by atoms with E-state index in [1.165, 1.54) is 22.9 Å². The minimum Gasteiger partial charge on any atom is -0.459 e. The number of ether oxygens (including phenoxy) is 1.